The number of hydrogen-bond acceptors (Lipinski definition) is 1. The van der Waals surface area contributed by atoms with Gasteiger partial charge in [-0.3, -0.25) is 0 Å². The van der Waals surface area contributed by atoms with E-state index in [9.17, 15) is 0 Å². The third-order valence-electron chi connectivity index (χ3n) is 1.86. The molecule has 0 saturated heterocycles. The van der Waals surface area contributed by atoms with E-state index >= 15 is 0 Å². The zero-order chi connectivity index (χ0) is 9.42. The van der Waals surface area contributed by atoms with E-state index in [0.717, 1.165) is 14.2 Å². The Bertz CT molecular complexity index is 450. The summed E-state index contributed by atoms with van der Waals surface area (Å²) in [7, 11) is 0. The highest BCUT2D eigenvalue weighted by atomic mass is 127. The molecule has 0 atom stereocenters. The first kappa shape index (κ1) is 10.0. The van der Waals surface area contributed by atoms with Crippen molar-refractivity contribution in [2.75, 3.05) is 0 Å². The summed E-state index contributed by atoms with van der Waals surface area (Å²) in [4.78, 5) is 0. The van der Waals surface area contributed by atoms with E-state index in [-0.39, 0.29) is 0 Å². The molecule has 0 amide bonds. The van der Waals surface area contributed by atoms with Gasteiger partial charge < -0.3 is 0 Å². The number of thiophene rings is 1. The van der Waals surface area contributed by atoms with Crippen LogP contribution in [0.2, 0.25) is 5.02 Å². The van der Waals surface area contributed by atoms with Crippen molar-refractivity contribution in [1.29, 1.82) is 0 Å². The van der Waals surface area contributed by atoms with Crippen LogP contribution < -0.4 is 0 Å². The van der Waals surface area contributed by atoms with Gasteiger partial charge in [-0.25, -0.2) is 0 Å². The quantitative estimate of drug-likeness (QED) is 0.511. The minimum Gasteiger partial charge on any atom is -0.144 e. The minimum absolute atomic E-state index is 0.475. The van der Waals surface area contributed by atoms with Crippen molar-refractivity contribution in [3.63, 3.8) is 0 Å². The maximum Gasteiger partial charge on any atom is 0.0590 e. The SMILES string of the molecule is ClCc1cc2sccc2c(I)c1Cl. The molecule has 0 radical (unpaired) electrons. The van der Waals surface area contributed by atoms with Crippen molar-refractivity contribution in [2.45, 2.75) is 5.88 Å². The Morgan fingerprint density at radius 1 is 1.46 bits per heavy atom. The molecule has 1 aromatic heterocycles. The van der Waals surface area contributed by atoms with Crippen LogP contribution in [0.4, 0.5) is 0 Å². The van der Waals surface area contributed by atoms with Gasteiger partial charge in [0, 0.05) is 19.5 Å². The summed E-state index contributed by atoms with van der Waals surface area (Å²) in [5, 5.41) is 4.09. The van der Waals surface area contributed by atoms with E-state index in [2.05, 4.69) is 40.1 Å². The van der Waals surface area contributed by atoms with Crippen LogP contribution in [0.1, 0.15) is 5.56 Å². The second kappa shape index (κ2) is 3.93. The molecule has 0 bridgehead atoms. The first-order valence-electron chi connectivity index (χ1n) is 3.64. The van der Waals surface area contributed by atoms with Crippen LogP contribution in [0.25, 0.3) is 10.1 Å². The molecule has 0 nitrogen and oxygen atoms in total. The van der Waals surface area contributed by atoms with Crippen LogP contribution in [0.15, 0.2) is 17.5 Å². The lowest BCUT2D eigenvalue weighted by atomic mass is 10.2. The molecule has 0 aliphatic carbocycles. The molecule has 0 aliphatic rings. The molecule has 0 unspecified atom stereocenters. The molecule has 0 saturated carbocycles. The fraction of sp³-hybridized carbons (Fsp3) is 0.111. The molecule has 0 fully saturated rings. The van der Waals surface area contributed by atoms with Gasteiger partial charge in [0.25, 0.3) is 0 Å². The maximum atomic E-state index is 6.14. The summed E-state index contributed by atoms with van der Waals surface area (Å²) in [6, 6.07) is 4.16. The Morgan fingerprint density at radius 2 is 2.23 bits per heavy atom. The van der Waals surface area contributed by atoms with Gasteiger partial charge in [-0.15, -0.1) is 22.9 Å². The van der Waals surface area contributed by atoms with Gasteiger partial charge in [-0.2, -0.15) is 0 Å². The predicted molar refractivity (Wildman–Crippen MR) is 69.1 cm³/mol. The zero-order valence-corrected chi connectivity index (χ0v) is 11.0. The van der Waals surface area contributed by atoms with Crippen molar-refractivity contribution < 1.29 is 0 Å². The Balaban J connectivity index is 2.83. The first-order chi connectivity index (χ1) is 6.24. The minimum atomic E-state index is 0.475. The summed E-state index contributed by atoms with van der Waals surface area (Å²) in [6.45, 7) is 0. The second-order valence-corrected chi connectivity index (χ2v) is 5.30. The van der Waals surface area contributed by atoms with E-state index in [1.54, 1.807) is 11.3 Å². The Hall–Kier alpha value is 0.490. The highest BCUT2D eigenvalue weighted by Gasteiger charge is 2.09. The molecule has 1 aromatic carbocycles. The van der Waals surface area contributed by atoms with Crippen molar-refractivity contribution in [3.8, 4) is 0 Å². The number of alkyl halides is 1. The van der Waals surface area contributed by atoms with E-state index < -0.39 is 0 Å². The van der Waals surface area contributed by atoms with Crippen LogP contribution in [0.5, 0.6) is 0 Å². The van der Waals surface area contributed by atoms with E-state index in [0.29, 0.717) is 5.88 Å². The maximum absolute atomic E-state index is 6.14. The molecule has 1 heterocycles. The van der Waals surface area contributed by atoms with Gasteiger partial charge in [-0.05, 0) is 45.7 Å². The molecule has 4 heteroatoms. The van der Waals surface area contributed by atoms with E-state index in [4.69, 9.17) is 23.2 Å². The average molecular weight is 343 g/mol. The molecule has 13 heavy (non-hydrogen) atoms. The van der Waals surface area contributed by atoms with Crippen molar-refractivity contribution in [3.05, 3.63) is 31.7 Å². The summed E-state index contributed by atoms with van der Waals surface area (Å²) >= 11 is 15.9. The third kappa shape index (κ3) is 1.69. The van der Waals surface area contributed by atoms with E-state index in [1.807, 2.05) is 0 Å². The van der Waals surface area contributed by atoms with Crippen LogP contribution in [0.3, 0.4) is 0 Å². The highest BCUT2D eigenvalue weighted by molar-refractivity contribution is 14.1. The largest absolute Gasteiger partial charge is 0.144 e. The summed E-state index contributed by atoms with van der Waals surface area (Å²) in [5.41, 5.74) is 1.02. The number of halogens is 3. The molecular weight excluding hydrogens is 338 g/mol. The van der Waals surface area contributed by atoms with Gasteiger partial charge >= 0.3 is 0 Å². The predicted octanol–water partition coefficient (Wildman–Crippen LogP) is 4.90. The topological polar surface area (TPSA) is 0 Å². The Kier molecular flexibility index (Phi) is 3.03. The molecule has 2 rings (SSSR count). The zero-order valence-electron chi connectivity index (χ0n) is 6.48. The molecule has 0 spiro atoms. The molecular formula is C9H5Cl2IS. The lowest BCUT2D eigenvalue weighted by Gasteiger charge is -2.03. The standard InChI is InChI=1S/C9H5Cl2IS/c10-4-5-3-7-6(1-2-13-7)9(12)8(5)11/h1-3H,4H2. The van der Waals surface area contributed by atoms with Gasteiger partial charge in [0.2, 0.25) is 0 Å². The van der Waals surface area contributed by atoms with Crippen LogP contribution in [0, 0.1) is 3.57 Å². The highest BCUT2D eigenvalue weighted by Crippen LogP contribution is 2.34. The number of rotatable bonds is 1. The Morgan fingerprint density at radius 3 is 2.92 bits per heavy atom. The van der Waals surface area contributed by atoms with Crippen LogP contribution in [-0.4, -0.2) is 0 Å². The van der Waals surface area contributed by atoms with Crippen LogP contribution >= 0.6 is 57.1 Å². The lowest BCUT2D eigenvalue weighted by molar-refractivity contribution is 1.42. The fourth-order valence-corrected chi connectivity index (χ4v) is 3.55. The number of fused-ring (bicyclic) bond motifs is 1. The van der Waals surface area contributed by atoms with Gasteiger partial charge in [0.05, 0.1) is 5.02 Å². The number of benzene rings is 1. The average Bonchev–Trinajstić information content (AvgIpc) is 2.59. The number of hydrogen-bond donors (Lipinski definition) is 0. The summed E-state index contributed by atoms with van der Waals surface area (Å²) < 4.78 is 2.36. The first-order valence-corrected chi connectivity index (χ1v) is 6.51. The molecule has 0 N–H and O–H groups in total. The van der Waals surface area contributed by atoms with Gasteiger partial charge in [0.15, 0.2) is 0 Å². The van der Waals surface area contributed by atoms with Crippen molar-refractivity contribution in [1.82, 2.24) is 0 Å². The Labute approximate surface area is 104 Å². The summed E-state index contributed by atoms with van der Waals surface area (Å²) in [5.74, 6) is 0.475. The van der Waals surface area contributed by atoms with Crippen molar-refractivity contribution >= 4 is 67.2 Å². The van der Waals surface area contributed by atoms with E-state index in [1.165, 1.54) is 10.1 Å². The molecule has 2 aromatic rings. The van der Waals surface area contributed by atoms with Crippen molar-refractivity contribution in [2.24, 2.45) is 0 Å². The normalized spacial score (nSPS) is 11.0. The molecule has 0 aliphatic heterocycles. The monoisotopic (exact) mass is 342 g/mol. The summed E-state index contributed by atoms with van der Waals surface area (Å²) in [6.07, 6.45) is 0. The second-order valence-electron chi connectivity index (χ2n) is 2.63. The molecule has 68 valence electrons. The third-order valence-corrected chi connectivity index (χ3v) is 4.88. The van der Waals surface area contributed by atoms with Crippen LogP contribution in [-0.2, 0) is 5.88 Å². The van der Waals surface area contributed by atoms with Gasteiger partial charge in [0.1, 0.15) is 0 Å². The lowest BCUT2D eigenvalue weighted by Crippen LogP contribution is -1.84. The van der Waals surface area contributed by atoms with Gasteiger partial charge in [-0.1, -0.05) is 11.6 Å². The fourth-order valence-electron chi connectivity index (χ4n) is 1.19. The smallest absolute Gasteiger partial charge is 0.0590 e.